The number of amidine groups is 1. The number of hydrogen-bond donors (Lipinski definition) is 0. The predicted molar refractivity (Wildman–Crippen MR) is 62.3 cm³/mol. The fraction of sp³-hybridized carbons (Fsp3) is 0.583. The zero-order chi connectivity index (χ0) is 10.7. The number of aliphatic imine (C=N–C) groups is 1. The summed E-state index contributed by atoms with van der Waals surface area (Å²) < 4.78 is 0. The molecule has 2 nitrogen and oxygen atoms in total. The van der Waals surface area contributed by atoms with E-state index in [0.717, 1.165) is 12.4 Å². The van der Waals surface area contributed by atoms with Crippen molar-refractivity contribution < 1.29 is 0 Å². The van der Waals surface area contributed by atoms with Gasteiger partial charge in [-0.05, 0) is 18.4 Å². The van der Waals surface area contributed by atoms with Gasteiger partial charge in [0.25, 0.3) is 0 Å². The van der Waals surface area contributed by atoms with Crippen molar-refractivity contribution in [3.63, 3.8) is 0 Å². The molecule has 78 valence electrons. The molecule has 0 saturated carbocycles. The Kier molecular flexibility index (Phi) is 3.50. The Bertz CT molecular complexity index is 274. The van der Waals surface area contributed by atoms with Gasteiger partial charge < -0.3 is 4.90 Å². The molecule has 0 aliphatic carbocycles. The molecule has 0 N–H and O–H groups in total. The third-order valence-corrected chi connectivity index (χ3v) is 2.82. The third-order valence-electron chi connectivity index (χ3n) is 2.82. The summed E-state index contributed by atoms with van der Waals surface area (Å²) in [5, 5.41) is 0. The van der Waals surface area contributed by atoms with E-state index in [1.807, 2.05) is 0 Å². The molecule has 0 amide bonds. The zero-order valence-electron chi connectivity index (χ0n) is 9.62. The minimum atomic E-state index is 0.615. The van der Waals surface area contributed by atoms with Gasteiger partial charge in [-0.3, -0.25) is 0 Å². The quantitative estimate of drug-likeness (QED) is 0.657. The lowest BCUT2D eigenvalue weighted by atomic mass is 9.90. The summed E-state index contributed by atoms with van der Waals surface area (Å²) >= 11 is 0. The van der Waals surface area contributed by atoms with Crippen molar-refractivity contribution in [3.05, 3.63) is 24.4 Å². The van der Waals surface area contributed by atoms with Gasteiger partial charge in [-0.2, -0.15) is 0 Å². The van der Waals surface area contributed by atoms with Gasteiger partial charge in [-0.25, -0.2) is 4.99 Å². The summed E-state index contributed by atoms with van der Waals surface area (Å²) in [6.45, 7) is 11.3. The van der Waals surface area contributed by atoms with Crippen molar-refractivity contribution in [2.45, 2.75) is 20.8 Å². The van der Waals surface area contributed by atoms with Gasteiger partial charge in [0.1, 0.15) is 5.84 Å². The first kappa shape index (κ1) is 11.0. The molecule has 2 heteroatoms. The lowest BCUT2D eigenvalue weighted by molar-refractivity contribution is 0.394. The number of likely N-dealkylation sites (tertiary alicyclic amines) is 1. The van der Waals surface area contributed by atoms with E-state index in [1.165, 1.54) is 5.57 Å². The van der Waals surface area contributed by atoms with E-state index in [2.05, 4.69) is 50.4 Å². The van der Waals surface area contributed by atoms with Crippen LogP contribution in [0.25, 0.3) is 0 Å². The Morgan fingerprint density at radius 1 is 1.57 bits per heavy atom. The van der Waals surface area contributed by atoms with Crippen LogP contribution in [0.1, 0.15) is 20.8 Å². The molecule has 0 aromatic heterocycles. The number of hydrogen-bond acceptors (Lipinski definition) is 1. The average Bonchev–Trinajstić information content (AvgIpc) is 2.44. The second-order valence-corrected chi connectivity index (χ2v) is 4.11. The van der Waals surface area contributed by atoms with Gasteiger partial charge in [-0.1, -0.05) is 26.5 Å². The van der Waals surface area contributed by atoms with E-state index in [0.29, 0.717) is 11.8 Å². The molecule has 0 bridgehead atoms. The largest absolute Gasteiger partial charge is 0.359 e. The summed E-state index contributed by atoms with van der Waals surface area (Å²) in [4.78, 5) is 6.54. The highest BCUT2D eigenvalue weighted by Gasteiger charge is 2.31. The van der Waals surface area contributed by atoms with Crippen molar-refractivity contribution in [1.29, 1.82) is 0 Å². The van der Waals surface area contributed by atoms with Crippen LogP contribution in [0.5, 0.6) is 0 Å². The Morgan fingerprint density at radius 3 is 2.64 bits per heavy atom. The Morgan fingerprint density at radius 2 is 2.21 bits per heavy atom. The molecule has 1 fully saturated rings. The van der Waals surface area contributed by atoms with E-state index in [9.17, 15) is 0 Å². The van der Waals surface area contributed by atoms with Gasteiger partial charge in [-0.15, -0.1) is 0 Å². The van der Waals surface area contributed by atoms with Crippen LogP contribution in [-0.4, -0.2) is 24.3 Å². The first-order chi connectivity index (χ1) is 6.61. The zero-order valence-corrected chi connectivity index (χ0v) is 9.62. The first-order valence-corrected chi connectivity index (χ1v) is 5.18. The molecular weight excluding hydrogens is 172 g/mol. The van der Waals surface area contributed by atoms with Gasteiger partial charge in [0.05, 0.1) is 0 Å². The third kappa shape index (κ3) is 1.89. The summed E-state index contributed by atoms with van der Waals surface area (Å²) in [5.41, 5.74) is 1.36. The molecular formula is C12H20N2. The highest BCUT2D eigenvalue weighted by atomic mass is 15.2. The molecule has 1 aliphatic rings. The molecule has 1 saturated heterocycles. The van der Waals surface area contributed by atoms with E-state index < -0.39 is 0 Å². The maximum atomic E-state index is 4.33. The molecule has 0 aromatic rings. The lowest BCUT2D eigenvalue weighted by Gasteiger charge is -2.14. The van der Waals surface area contributed by atoms with Crippen molar-refractivity contribution in [2.75, 3.05) is 13.6 Å². The first-order valence-electron chi connectivity index (χ1n) is 5.18. The fourth-order valence-electron chi connectivity index (χ4n) is 2.04. The number of nitrogens with zero attached hydrogens (tertiary/aromatic N) is 2. The molecule has 1 atom stereocenters. The van der Waals surface area contributed by atoms with Crippen LogP contribution >= 0.6 is 0 Å². The van der Waals surface area contributed by atoms with Gasteiger partial charge in [0.2, 0.25) is 0 Å². The topological polar surface area (TPSA) is 15.6 Å². The minimum Gasteiger partial charge on any atom is -0.359 e. The normalized spacial score (nSPS) is 28.1. The van der Waals surface area contributed by atoms with E-state index in [4.69, 9.17) is 0 Å². The van der Waals surface area contributed by atoms with Crippen LogP contribution in [0.3, 0.4) is 0 Å². The summed E-state index contributed by atoms with van der Waals surface area (Å²) in [6, 6.07) is 0. The number of rotatable bonds is 2. The lowest BCUT2D eigenvalue weighted by Crippen LogP contribution is -2.20. The van der Waals surface area contributed by atoms with Gasteiger partial charge in [0, 0.05) is 25.7 Å². The molecule has 0 spiro atoms. The van der Waals surface area contributed by atoms with E-state index >= 15 is 0 Å². The fourth-order valence-corrected chi connectivity index (χ4v) is 2.04. The smallest absolute Gasteiger partial charge is 0.131 e. The van der Waals surface area contributed by atoms with Crippen LogP contribution in [-0.2, 0) is 0 Å². The number of allylic oxidation sites excluding steroid dienone is 1. The second kappa shape index (κ2) is 4.45. The van der Waals surface area contributed by atoms with Crippen LogP contribution in [0.15, 0.2) is 29.4 Å². The molecule has 1 unspecified atom stereocenters. The Hall–Kier alpha value is -1.05. The summed E-state index contributed by atoms with van der Waals surface area (Å²) in [6.07, 6.45) is 3.80. The minimum absolute atomic E-state index is 0.615. The second-order valence-electron chi connectivity index (χ2n) is 4.11. The highest BCUT2D eigenvalue weighted by molar-refractivity contribution is 6.01. The van der Waals surface area contributed by atoms with E-state index in [-0.39, 0.29) is 0 Å². The van der Waals surface area contributed by atoms with E-state index in [1.54, 1.807) is 6.20 Å². The summed E-state index contributed by atoms with van der Waals surface area (Å²) in [7, 11) is 2.09. The SMILES string of the molecule is C=C/N=C1\C(=C/C)C(C(C)C)CN1C. The predicted octanol–water partition coefficient (Wildman–Crippen LogP) is 2.69. The summed E-state index contributed by atoms with van der Waals surface area (Å²) in [5.74, 6) is 2.37. The molecule has 0 aromatic carbocycles. The Labute approximate surface area is 87.0 Å². The molecule has 14 heavy (non-hydrogen) atoms. The van der Waals surface area contributed by atoms with Crippen molar-refractivity contribution >= 4 is 5.84 Å². The molecule has 1 heterocycles. The van der Waals surface area contributed by atoms with Crippen molar-refractivity contribution in [2.24, 2.45) is 16.8 Å². The number of likely N-dealkylation sites (N-methyl/N-ethyl adjacent to an activating group) is 1. The monoisotopic (exact) mass is 192 g/mol. The highest BCUT2D eigenvalue weighted by Crippen LogP contribution is 2.29. The molecule has 1 aliphatic heterocycles. The van der Waals surface area contributed by atoms with Crippen LogP contribution < -0.4 is 0 Å². The maximum absolute atomic E-state index is 4.33. The Balaban J connectivity index is 3.01. The maximum Gasteiger partial charge on any atom is 0.131 e. The van der Waals surface area contributed by atoms with Crippen molar-refractivity contribution in [1.82, 2.24) is 4.90 Å². The van der Waals surface area contributed by atoms with Crippen LogP contribution in [0.4, 0.5) is 0 Å². The van der Waals surface area contributed by atoms with Gasteiger partial charge >= 0.3 is 0 Å². The van der Waals surface area contributed by atoms with Crippen LogP contribution in [0, 0.1) is 11.8 Å². The van der Waals surface area contributed by atoms with Crippen LogP contribution in [0.2, 0.25) is 0 Å². The molecule has 0 radical (unpaired) electrons. The standard InChI is InChI=1S/C12H20N2/c1-6-10-11(9(3)4)8-14(5)12(10)13-7-2/h6-7,9,11H,2,8H2,1,3-5H3/b10-6-,13-12+. The van der Waals surface area contributed by atoms with Gasteiger partial charge in [0.15, 0.2) is 0 Å². The molecule has 1 rings (SSSR count). The average molecular weight is 192 g/mol. The van der Waals surface area contributed by atoms with Crippen molar-refractivity contribution in [3.8, 4) is 0 Å².